The summed E-state index contributed by atoms with van der Waals surface area (Å²) in [5.74, 6) is 0.431. The number of pyridine rings is 1. The molecule has 152 valence electrons. The van der Waals surface area contributed by atoms with Crippen molar-refractivity contribution >= 4 is 34.4 Å². The second-order valence-corrected chi connectivity index (χ2v) is 7.81. The van der Waals surface area contributed by atoms with Crippen LogP contribution in [0.2, 0.25) is 5.02 Å². The zero-order valence-corrected chi connectivity index (χ0v) is 17.3. The summed E-state index contributed by atoms with van der Waals surface area (Å²) in [4.78, 5) is 6.82. The van der Waals surface area contributed by atoms with Crippen molar-refractivity contribution in [2.24, 2.45) is 0 Å². The van der Waals surface area contributed by atoms with E-state index in [2.05, 4.69) is 32.3 Å². The van der Waals surface area contributed by atoms with Crippen molar-refractivity contribution in [1.82, 2.24) is 24.8 Å². The van der Waals surface area contributed by atoms with E-state index in [1.165, 1.54) is 6.07 Å². The van der Waals surface area contributed by atoms with Gasteiger partial charge in [-0.2, -0.15) is 4.52 Å². The highest BCUT2D eigenvalue weighted by Crippen LogP contribution is 2.30. The number of hydrogen-bond donors (Lipinski definition) is 1. The SMILES string of the molecule is Cc1c(N2CCc3ncc(Nc4cccc(Cl)c4F)cc3C2)nn2cnnc2c1C. The van der Waals surface area contributed by atoms with E-state index < -0.39 is 5.82 Å². The van der Waals surface area contributed by atoms with Gasteiger partial charge < -0.3 is 10.2 Å². The highest BCUT2D eigenvalue weighted by atomic mass is 35.5. The molecule has 30 heavy (non-hydrogen) atoms. The first-order valence-electron chi connectivity index (χ1n) is 9.62. The van der Waals surface area contributed by atoms with Crippen molar-refractivity contribution in [3.05, 3.63) is 70.0 Å². The van der Waals surface area contributed by atoms with E-state index in [0.29, 0.717) is 17.9 Å². The molecule has 0 saturated heterocycles. The van der Waals surface area contributed by atoms with E-state index in [4.69, 9.17) is 16.7 Å². The minimum absolute atomic E-state index is 0.0818. The highest BCUT2D eigenvalue weighted by molar-refractivity contribution is 6.31. The molecule has 0 fully saturated rings. The number of aryl methyl sites for hydroxylation is 1. The molecule has 0 bridgehead atoms. The van der Waals surface area contributed by atoms with Gasteiger partial charge in [-0.05, 0) is 37.6 Å². The number of fused-ring (bicyclic) bond motifs is 2. The molecule has 1 N–H and O–H groups in total. The topological polar surface area (TPSA) is 71.2 Å². The third-order valence-corrected chi connectivity index (χ3v) is 5.83. The summed E-state index contributed by atoms with van der Waals surface area (Å²) in [5, 5.41) is 16.0. The van der Waals surface area contributed by atoms with Gasteiger partial charge in [0.15, 0.2) is 17.3 Å². The molecular weight excluding hydrogens is 405 g/mol. The lowest BCUT2D eigenvalue weighted by atomic mass is 10.0. The van der Waals surface area contributed by atoms with Gasteiger partial charge in [-0.15, -0.1) is 15.3 Å². The molecule has 9 heteroatoms. The maximum atomic E-state index is 14.2. The standard InChI is InChI=1S/C21H19ClFN7/c1-12-13(2)21(28-30-11-25-27-20(12)30)29-7-6-17-14(10-29)8-15(9-24-17)26-18-5-3-4-16(22)19(18)23/h3-5,8-9,11,26H,6-7,10H2,1-2H3. The number of benzene rings is 1. The van der Waals surface area contributed by atoms with Gasteiger partial charge in [0, 0.05) is 36.3 Å². The minimum Gasteiger partial charge on any atom is -0.352 e. The van der Waals surface area contributed by atoms with Crippen LogP contribution in [0.25, 0.3) is 5.65 Å². The number of anilines is 3. The summed E-state index contributed by atoms with van der Waals surface area (Å²) in [6.45, 7) is 5.57. The monoisotopic (exact) mass is 423 g/mol. The fourth-order valence-electron chi connectivity index (χ4n) is 3.79. The Hall–Kier alpha value is -3.26. The first kappa shape index (κ1) is 18.7. The molecule has 0 amide bonds. The van der Waals surface area contributed by atoms with Crippen LogP contribution < -0.4 is 10.2 Å². The van der Waals surface area contributed by atoms with Gasteiger partial charge in [-0.1, -0.05) is 17.7 Å². The Morgan fingerprint density at radius 1 is 1.20 bits per heavy atom. The van der Waals surface area contributed by atoms with Crippen molar-refractivity contribution in [3.63, 3.8) is 0 Å². The fraction of sp³-hybridized carbons (Fsp3) is 0.238. The highest BCUT2D eigenvalue weighted by Gasteiger charge is 2.22. The lowest BCUT2D eigenvalue weighted by Gasteiger charge is -2.30. The van der Waals surface area contributed by atoms with Gasteiger partial charge in [0.05, 0.1) is 22.6 Å². The average Bonchev–Trinajstić information content (AvgIpc) is 3.22. The van der Waals surface area contributed by atoms with E-state index in [1.807, 2.05) is 13.0 Å². The second-order valence-electron chi connectivity index (χ2n) is 7.40. The fourth-order valence-corrected chi connectivity index (χ4v) is 3.97. The molecule has 0 saturated carbocycles. The lowest BCUT2D eigenvalue weighted by molar-refractivity contribution is 0.632. The largest absolute Gasteiger partial charge is 0.352 e. The average molecular weight is 424 g/mol. The molecule has 5 rings (SSSR count). The first-order valence-corrected chi connectivity index (χ1v) is 10.00. The van der Waals surface area contributed by atoms with Crippen LogP contribution in [0, 0.1) is 19.7 Å². The first-order chi connectivity index (χ1) is 14.5. The molecule has 0 aliphatic carbocycles. The molecule has 0 radical (unpaired) electrons. The quantitative estimate of drug-likeness (QED) is 0.531. The summed E-state index contributed by atoms with van der Waals surface area (Å²) in [7, 11) is 0. The number of nitrogens with zero attached hydrogens (tertiary/aromatic N) is 6. The Bertz CT molecular complexity index is 1270. The van der Waals surface area contributed by atoms with E-state index in [-0.39, 0.29) is 5.02 Å². The number of rotatable bonds is 3. The molecule has 3 aromatic heterocycles. The van der Waals surface area contributed by atoms with Crippen molar-refractivity contribution in [3.8, 4) is 0 Å². The Morgan fingerprint density at radius 2 is 2.07 bits per heavy atom. The second kappa shape index (κ2) is 7.21. The van der Waals surface area contributed by atoms with Crippen molar-refractivity contribution in [1.29, 1.82) is 0 Å². The van der Waals surface area contributed by atoms with Gasteiger partial charge in [-0.3, -0.25) is 4.98 Å². The van der Waals surface area contributed by atoms with E-state index in [1.54, 1.807) is 29.2 Å². The third-order valence-electron chi connectivity index (χ3n) is 5.54. The molecule has 1 aliphatic heterocycles. The van der Waals surface area contributed by atoms with Gasteiger partial charge >= 0.3 is 0 Å². The van der Waals surface area contributed by atoms with Crippen LogP contribution in [-0.2, 0) is 13.0 Å². The van der Waals surface area contributed by atoms with Crippen LogP contribution in [0.4, 0.5) is 21.6 Å². The summed E-state index contributed by atoms with van der Waals surface area (Å²) >= 11 is 5.89. The van der Waals surface area contributed by atoms with Crippen molar-refractivity contribution in [2.75, 3.05) is 16.8 Å². The number of aromatic nitrogens is 5. The maximum absolute atomic E-state index is 14.2. The Morgan fingerprint density at radius 3 is 2.93 bits per heavy atom. The maximum Gasteiger partial charge on any atom is 0.180 e. The molecule has 0 atom stereocenters. The van der Waals surface area contributed by atoms with Crippen LogP contribution in [0.3, 0.4) is 0 Å². The smallest absolute Gasteiger partial charge is 0.180 e. The number of halogens is 2. The Labute approximate surface area is 177 Å². The zero-order valence-electron chi connectivity index (χ0n) is 16.5. The lowest BCUT2D eigenvalue weighted by Crippen LogP contribution is -2.32. The van der Waals surface area contributed by atoms with Crippen molar-refractivity contribution < 1.29 is 4.39 Å². The van der Waals surface area contributed by atoms with Crippen LogP contribution in [0.1, 0.15) is 22.4 Å². The molecule has 0 unspecified atom stereocenters. The Balaban J connectivity index is 1.46. The molecule has 1 aromatic carbocycles. The Kier molecular flexibility index (Phi) is 4.51. The van der Waals surface area contributed by atoms with Crippen LogP contribution in [-0.4, -0.2) is 31.3 Å². The molecule has 0 spiro atoms. The van der Waals surface area contributed by atoms with Crippen LogP contribution in [0.5, 0.6) is 0 Å². The molecule has 4 aromatic rings. The van der Waals surface area contributed by atoms with Gasteiger partial charge in [0.2, 0.25) is 0 Å². The minimum atomic E-state index is -0.476. The van der Waals surface area contributed by atoms with Crippen LogP contribution >= 0.6 is 11.6 Å². The van der Waals surface area contributed by atoms with E-state index in [9.17, 15) is 4.39 Å². The third kappa shape index (κ3) is 3.13. The van der Waals surface area contributed by atoms with Gasteiger partial charge in [0.25, 0.3) is 0 Å². The normalized spacial score (nSPS) is 13.5. The van der Waals surface area contributed by atoms with E-state index >= 15 is 0 Å². The number of nitrogens with one attached hydrogen (secondary N) is 1. The summed E-state index contributed by atoms with van der Waals surface area (Å²) in [6.07, 6.45) is 4.15. The predicted molar refractivity (Wildman–Crippen MR) is 114 cm³/mol. The van der Waals surface area contributed by atoms with Crippen molar-refractivity contribution in [2.45, 2.75) is 26.8 Å². The van der Waals surface area contributed by atoms with Gasteiger partial charge in [-0.25, -0.2) is 4.39 Å². The molecule has 1 aliphatic rings. The van der Waals surface area contributed by atoms with Gasteiger partial charge in [0.1, 0.15) is 6.33 Å². The van der Waals surface area contributed by atoms with Crippen LogP contribution in [0.15, 0.2) is 36.8 Å². The van der Waals surface area contributed by atoms with E-state index in [0.717, 1.165) is 46.8 Å². The molecule has 7 nitrogen and oxygen atoms in total. The predicted octanol–water partition coefficient (Wildman–Crippen LogP) is 4.23. The molecular formula is C21H19ClFN7. The summed E-state index contributed by atoms with van der Waals surface area (Å²) in [5.41, 5.74) is 6.08. The summed E-state index contributed by atoms with van der Waals surface area (Å²) < 4.78 is 16.0. The summed E-state index contributed by atoms with van der Waals surface area (Å²) in [6, 6.07) is 6.89. The zero-order chi connectivity index (χ0) is 20.8. The molecule has 4 heterocycles. The number of hydrogen-bond acceptors (Lipinski definition) is 6.